The van der Waals surface area contributed by atoms with Crippen molar-refractivity contribution in [3.63, 3.8) is 0 Å². The number of esters is 4. The third-order valence-corrected chi connectivity index (χ3v) is 20.8. The summed E-state index contributed by atoms with van der Waals surface area (Å²) in [6.07, 6.45) is 19.3. The Labute approximate surface area is 353 Å². The molecule has 0 N–H and O–H groups in total. The molecule has 10 fully saturated rings. The average Bonchev–Trinajstić information content (AvgIpc) is 4.04. The van der Waals surface area contributed by atoms with Crippen LogP contribution in [0.2, 0.25) is 0 Å². The summed E-state index contributed by atoms with van der Waals surface area (Å²) in [5.74, 6) is 6.49. The lowest BCUT2D eigenvalue weighted by Gasteiger charge is -2.45. The predicted molar refractivity (Wildman–Crippen MR) is 221 cm³/mol. The van der Waals surface area contributed by atoms with Crippen LogP contribution in [-0.4, -0.2) is 40.9 Å². The number of carbonyl (C=O) groups excluding carboxylic acids is 5. The second-order valence-electron chi connectivity index (χ2n) is 23.2. The average molecular weight is 815 g/mol. The largest absolute Gasteiger partial charge is 0.459 e. The van der Waals surface area contributed by atoms with Crippen LogP contribution >= 0.6 is 0 Å². The van der Waals surface area contributed by atoms with Gasteiger partial charge in [0.25, 0.3) is 0 Å². The van der Waals surface area contributed by atoms with E-state index in [9.17, 15) is 24.0 Å². The first-order valence-corrected chi connectivity index (χ1v) is 25.0. The van der Waals surface area contributed by atoms with Crippen LogP contribution in [0.4, 0.5) is 0 Å². The molecule has 8 heteroatoms. The highest BCUT2D eigenvalue weighted by Crippen LogP contribution is 2.72. The fourth-order valence-corrected chi connectivity index (χ4v) is 18.4. The quantitative estimate of drug-likeness (QED) is 0.0655. The molecule has 9 aliphatic carbocycles. The van der Waals surface area contributed by atoms with Crippen molar-refractivity contribution in [2.45, 2.75) is 174 Å². The molecule has 8 bridgehead atoms. The van der Waals surface area contributed by atoms with Crippen molar-refractivity contribution >= 4 is 29.7 Å². The van der Waals surface area contributed by atoms with Crippen molar-refractivity contribution in [2.75, 3.05) is 0 Å². The van der Waals surface area contributed by atoms with Crippen LogP contribution in [0.1, 0.15) is 163 Å². The molecule has 59 heavy (non-hydrogen) atoms. The predicted octanol–water partition coefficient (Wildman–Crippen LogP) is 9.93. The first-order valence-electron chi connectivity index (χ1n) is 25.0. The Hall–Kier alpha value is -2.25. The number of ether oxygens (including phenoxy) is 3. The van der Waals surface area contributed by atoms with Gasteiger partial charge in [-0.2, -0.15) is 0 Å². The van der Waals surface area contributed by atoms with Gasteiger partial charge in [-0.25, -0.2) is 0 Å². The van der Waals surface area contributed by atoms with E-state index in [0.717, 1.165) is 69.1 Å². The number of hydrogen-bond acceptors (Lipinski definition) is 8. The smallest absolute Gasteiger partial charge is 0.317 e. The van der Waals surface area contributed by atoms with E-state index in [4.69, 9.17) is 14.2 Å². The second-order valence-corrected chi connectivity index (χ2v) is 23.2. The number of fused-ring (bicyclic) bond motifs is 16. The van der Waals surface area contributed by atoms with Crippen molar-refractivity contribution < 1.29 is 38.2 Å². The monoisotopic (exact) mass is 815 g/mol. The zero-order valence-corrected chi connectivity index (χ0v) is 36.9. The standard InChI is InChI=1S/C51H74O8/c1-6-28(46(53)58-50(4)24-27-11-15-32(50)19-27)12-13-29(47(54)59-51(5)25-31-22-43(51)36-10-8-9-34(31)36)14-16-37-38(49(56)57-48(37)55)18-17-35-33(7-2)41-23-42(35)45-40-21-30(44(41)45)20-39(40)26(3)52/h27-45H,6-25H2,1-5H3. The lowest BCUT2D eigenvalue weighted by atomic mass is 9.59. The molecule has 9 saturated carbocycles. The van der Waals surface area contributed by atoms with Gasteiger partial charge in [-0.3, -0.25) is 24.0 Å². The molecule has 0 radical (unpaired) electrons. The van der Waals surface area contributed by atoms with E-state index in [1.807, 2.05) is 6.92 Å². The van der Waals surface area contributed by atoms with Gasteiger partial charge in [0.2, 0.25) is 0 Å². The van der Waals surface area contributed by atoms with Crippen molar-refractivity contribution in [1.29, 1.82) is 0 Å². The van der Waals surface area contributed by atoms with Crippen LogP contribution in [0.15, 0.2) is 0 Å². The normalized spacial score (nSPS) is 49.1. The van der Waals surface area contributed by atoms with Gasteiger partial charge in [0.1, 0.15) is 17.0 Å². The highest BCUT2D eigenvalue weighted by molar-refractivity contribution is 5.96. The van der Waals surface area contributed by atoms with Crippen LogP contribution < -0.4 is 0 Å². The Kier molecular flexibility index (Phi) is 10.5. The van der Waals surface area contributed by atoms with E-state index in [0.29, 0.717) is 109 Å². The summed E-state index contributed by atoms with van der Waals surface area (Å²) in [4.78, 5) is 67.8. The molecule has 0 aromatic rings. The molecule has 10 rings (SSSR count). The maximum absolute atomic E-state index is 14.5. The molecular weight excluding hydrogens is 741 g/mol. The topological polar surface area (TPSA) is 113 Å². The maximum Gasteiger partial charge on any atom is 0.317 e. The van der Waals surface area contributed by atoms with Crippen LogP contribution in [0.5, 0.6) is 0 Å². The summed E-state index contributed by atoms with van der Waals surface area (Å²) in [6, 6.07) is 0. The van der Waals surface area contributed by atoms with Crippen molar-refractivity contribution in [3.8, 4) is 0 Å². The van der Waals surface area contributed by atoms with Gasteiger partial charge in [-0.1, -0.05) is 26.7 Å². The SMILES string of the molecule is CCC(CCC(CCC1C(=O)OC(=O)C1CCC1C(CC)C2CC1C1C3CC(CC3C(C)=O)C21)C(=O)OC1(C)CC2CC1C1CCCC21)C(=O)OC1(C)CC2CCC1C2. The molecule has 0 aromatic heterocycles. The summed E-state index contributed by atoms with van der Waals surface area (Å²) < 4.78 is 18.4. The molecule has 21 unspecified atom stereocenters. The molecule has 1 saturated heterocycles. The Balaban J connectivity index is 0.817. The molecule has 1 heterocycles. The van der Waals surface area contributed by atoms with Gasteiger partial charge in [0, 0.05) is 11.8 Å². The zero-order valence-electron chi connectivity index (χ0n) is 36.9. The second kappa shape index (κ2) is 15.2. The molecule has 10 aliphatic rings. The summed E-state index contributed by atoms with van der Waals surface area (Å²) in [6.45, 7) is 10.5. The molecule has 0 aromatic carbocycles. The summed E-state index contributed by atoms with van der Waals surface area (Å²) in [5.41, 5.74) is -0.844. The van der Waals surface area contributed by atoms with Crippen molar-refractivity contribution in [3.05, 3.63) is 0 Å². The molecule has 0 amide bonds. The molecule has 1 aliphatic heterocycles. The minimum atomic E-state index is -0.559. The zero-order chi connectivity index (χ0) is 41.1. The van der Waals surface area contributed by atoms with Gasteiger partial charge >= 0.3 is 23.9 Å². The van der Waals surface area contributed by atoms with Crippen molar-refractivity contribution in [1.82, 2.24) is 0 Å². The van der Waals surface area contributed by atoms with Crippen LogP contribution in [0.3, 0.4) is 0 Å². The van der Waals surface area contributed by atoms with Crippen LogP contribution in [0.25, 0.3) is 0 Å². The van der Waals surface area contributed by atoms with Crippen molar-refractivity contribution in [2.24, 2.45) is 112 Å². The minimum Gasteiger partial charge on any atom is -0.459 e. The van der Waals surface area contributed by atoms with E-state index >= 15 is 0 Å². The number of rotatable bonds is 16. The van der Waals surface area contributed by atoms with Gasteiger partial charge < -0.3 is 14.2 Å². The molecular formula is C51H74O8. The van der Waals surface area contributed by atoms with E-state index in [1.165, 1.54) is 38.5 Å². The molecule has 0 spiro atoms. The highest BCUT2D eigenvalue weighted by Gasteiger charge is 2.67. The number of carbonyl (C=O) groups is 5. The van der Waals surface area contributed by atoms with Gasteiger partial charge in [-0.15, -0.1) is 0 Å². The molecule has 326 valence electrons. The number of hydrogen-bond donors (Lipinski definition) is 0. The first-order chi connectivity index (χ1) is 28.3. The number of Topliss-reactive ketones (excluding diaryl/α,β-unsaturated/α-hetero) is 1. The van der Waals surface area contributed by atoms with Crippen LogP contribution in [-0.2, 0) is 38.2 Å². The third kappa shape index (κ3) is 6.64. The summed E-state index contributed by atoms with van der Waals surface area (Å²) in [5, 5.41) is 0. The third-order valence-electron chi connectivity index (χ3n) is 20.8. The van der Waals surface area contributed by atoms with Gasteiger partial charge in [-0.05, 0) is 213 Å². The lowest BCUT2D eigenvalue weighted by molar-refractivity contribution is -0.174. The minimum absolute atomic E-state index is 0.133. The number of cyclic esters (lactones) is 2. The van der Waals surface area contributed by atoms with E-state index < -0.39 is 35.3 Å². The summed E-state index contributed by atoms with van der Waals surface area (Å²) >= 11 is 0. The van der Waals surface area contributed by atoms with E-state index in [-0.39, 0.29) is 29.4 Å². The highest BCUT2D eigenvalue weighted by atomic mass is 16.6. The Bertz CT molecular complexity index is 1700. The van der Waals surface area contributed by atoms with Crippen LogP contribution in [0, 0.1) is 112 Å². The van der Waals surface area contributed by atoms with E-state index in [2.05, 4.69) is 20.8 Å². The fraction of sp³-hybridized carbons (Fsp3) is 0.902. The fourth-order valence-electron chi connectivity index (χ4n) is 18.4. The Morgan fingerprint density at radius 1 is 0.678 bits per heavy atom. The molecule has 8 nitrogen and oxygen atoms in total. The number of ketones is 1. The van der Waals surface area contributed by atoms with Gasteiger partial charge in [0.05, 0.1) is 23.7 Å². The molecule has 21 atom stereocenters. The van der Waals surface area contributed by atoms with E-state index in [1.54, 1.807) is 6.92 Å². The lowest BCUT2D eigenvalue weighted by Crippen LogP contribution is -2.44. The van der Waals surface area contributed by atoms with Gasteiger partial charge in [0.15, 0.2) is 0 Å². The maximum atomic E-state index is 14.5. The summed E-state index contributed by atoms with van der Waals surface area (Å²) in [7, 11) is 0. The Morgan fingerprint density at radius 2 is 1.39 bits per heavy atom. The Morgan fingerprint density at radius 3 is 2.10 bits per heavy atom. The first kappa shape index (κ1) is 40.8.